The predicted molar refractivity (Wildman–Crippen MR) is 66.8 cm³/mol. The highest BCUT2D eigenvalue weighted by Gasteiger charge is 2.16. The maximum atomic E-state index is 5.89. The number of aromatic nitrogens is 2. The molecule has 5 nitrogen and oxygen atoms in total. The summed E-state index contributed by atoms with van der Waals surface area (Å²) in [6.45, 7) is 4.00. The quantitative estimate of drug-likeness (QED) is 0.790. The van der Waals surface area contributed by atoms with Gasteiger partial charge in [0.05, 0.1) is 0 Å². The summed E-state index contributed by atoms with van der Waals surface area (Å²) >= 11 is 0. The summed E-state index contributed by atoms with van der Waals surface area (Å²) in [4.78, 5) is 11.1. The van der Waals surface area contributed by atoms with Crippen molar-refractivity contribution in [2.75, 3.05) is 36.1 Å². The third kappa shape index (κ3) is 2.03. The van der Waals surface area contributed by atoms with Gasteiger partial charge in [0.2, 0.25) is 5.95 Å². The molecule has 0 atom stereocenters. The Bertz CT molecular complexity index is 371. The van der Waals surface area contributed by atoms with E-state index in [2.05, 4.69) is 20.2 Å². The highest BCUT2D eigenvalue weighted by Crippen LogP contribution is 2.22. The summed E-state index contributed by atoms with van der Waals surface area (Å²) in [5, 5.41) is 3.06. The number of anilines is 3. The van der Waals surface area contributed by atoms with Crippen LogP contribution in [0.4, 0.5) is 17.6 Å². The average Bonchev–Trinajstić information content (AvgIpc) is 2.33. The number of piperidine rings is 1. The van der Waals surface area contributed by atoms with Gasteiger partial charge in [0.15, 0.2) is 0 Å². The van der Waals surface area contributed by atoms with Crippen LogP contribution in [-0.4, -0.2) is 30.1 Å². The Kier molecular flexibility index (Phi) is 3.12. The molecule has 1 aliphatic rings. The second-order valence-electron chi connectivity index (χ2n) is 4.18. The van der Waals surface area contributed by atoms with Crippen molar-refractivity contribution in [2.24, 2.45) is 0 Å². The number of nitrogen functional groups attached to an aromatic ring is 1. The van der Waals surface area contributed by atoms with E-state index in [-0.39, 0.29) is 0 Å². The zero-order chi connectivity index (χ0) is 11.5. The highest BCUT2D eigenvalue weighted by molar-refractivity contribution is 5.58. The lowest BCUT2D eigenvalue weighted by Gasteiger charge is -2.27. The Balaban J connectivity index is 2.29. The van der Waals surface area contributed by atoms with Crippen LogP contribution < -0.4 is 16.0 Å². The van der Waals surface area contributed by atoms with Crippen molar-refractivity contribution >= 4 is 17.6 Å². The molecule has 0 saturated carbocycles. The molecule has 2 rings (SSSR count). The maximum absolute atomic E-state index is 5.89. The Morgan fingerprint density at radius 1 is 1.19 bits per heavy atom. The molecule has 3 N–H and O–H groups in total. The molecular formula is C11H19N5. The molecular weight excluding hydrogens is 202 g/mol. The van der Waals surface area contributed by atoms with E-state index in [0.29, 0.717) is 5.82 Å². The Morgan fingerprint density at radius 2 is 1.88 bits per heavy atom. The third-order valence-electron chi connectivity index (χ3n) is 3.05. The number of nitrogens with two attached hydrogens (primary N) is 1. The molecule has 0 aromatic carbocycles. The highest BCUT2D eigenvalue weighted by atomic mass is 15.3. The number of nitrogens with one attached hydrogen (secondary N) is 1. The Labute approximate surface area is 96.1 Å². The third-order valence-corrected chi connectivity index (χ3v) is 3.05. The summed E-state index contributed by atoms with van der Waals surface area (Å²) < 4.78 is 0. The topological polar surface area (TPSA) is 67.1 Å². The van der Waals surface area contributed by atoms with Crippen LogP contribution in [0.15, 0.2) is 0 Å². The molecule has 0 unspecified atom stereocenters. The van der Waals surface area contributed by atoms with Crippen LogP contribution in [0, 0.1) is 6.92 Å². The van der Waals surface area contributed by atoms with Crippen LogP contribution in [0.3, 0.4) is 0 Å². The van der Waals surface area contributed by atoms with Crippen LogP contribution in [0.25, 0.3) is 0 Å². The fourth-order valence-electron chi connectivity index (χ4n) is 2.00. The molecule has 0 aliphatic carbocycles. The molecule has 1 aromatic rings. The zero-order valence-corrected chi connectivity index (χ0v) is 9.95. The molecule has 1 saturated heterocycles. The van der Waals surface area contributed by atoms with E-state index in [0.717, 1.165) is 30.4 Å². The van der Waals surface area contributed by atoms with Crippen molar-refractivity contribution in [1.29, 1.82) is 0 Å². The van der Waals surface area contributed by atoms with Gasteiger partial charge in [-0.25, -0.2) is 0 Å². The van der Waals surface area contributed by atoms with Gasteiger partial charge in [-0.2, -0.15) is 9.97 Å². The lowest BCUT2D eigenvalue weighted by molar-refractivity contribution is 0.568. The number of nitrogens with zero attached hydrogens (tertiary/aromatic N) is 3. The van der Waals surface area contributed by atoms with Gasteiger partial charge in [0, 0.05) is 25.7 Å². The fraction of sp³-hybridized carbons (Fsp3) is 0.636. The monoisotopic (exact) mass is 221 g/mol. The Morgan fingerprint density at radius 3 is 2.50 bits per heavy atom. The fourth-order valence-corrected chi connectivity index (χ4v) is 2.00. The van der Waals surface area contributed by atoms with E-state index < -0.39 is 0 Å². The second kappa shape index (κ2) is 4.55. The maximum Gasteiger partial charge on any atom is 0.229 e. The average molecular weight is 221 g/mol. The molecule has 1 aromatic heterocycles. The van der Waals surface area contributed by atoms with E-state index in [4.69, 9.17) is 5.73 Å². The molecule has 5 heteroatoms. The van der Waals surface area contributed by atoms with Gasteiger partial charge in [-0.3, -0.25) is 0 Å². The number of hydrogen-bond acceptors (Lipinski definition) is 5. The number of hydrogen-bond donors (Lipinski definition) is 2. The summed E-state index contributed by atoms with van der Waals surface area (Å²) in [5.41, 5.74) is 6.81. The second-order valence-corrected chi connectivity index (χ2v) is 4.18. The molecule has 16 heavy (non-hydrogen) atoms. The van der Waals surface area contributed by atoms with Gasteiger partial charge in [-0.1, -0.05) is 0 Å². The summed E-state index contributed by atoms with van der Waals surface area (Å²) in [5.74, 6) is 2.15. The van der Waals surface area contributed by atoms with Crippen LogP contribution in [0.2, 0.25) is 0 Å². The van der Waals surface area contributed by atoms with Crippen molar-refractivity contribution < 1.29 is 0 Å². The first-order valence-electron chi connectivity index (χ1n) is 5.79. The van der Waals surface area contributed by atoms with Crippen molar-refractivity contribution in [3.8, 4) is 0 Å². The molecule has 0 bridgehead atoms. The lowest BCUT2D eigenvalue weighted by Crippen LogP contribution is -2.31. The standard InChI is InChI=1S/C11H19N5/c1-8-9(12)14-11(15-10(8)13-2)16-6-4-3-5-7-16/h3-7H2,1-2H3,(H3,12,13,14,15). The van der Waals surface area contributed by atoms with Crippen LogP contribution in [0.5, 0.6) is 0 Å². The first kappa shape index (κ1) is 11.0. The van der Waals surface area contributed by atoms with Gasteiger partial charge in [0.25, 0.3) is 0 Å². The van der Waals surface area contributed by atoms with Crippen molar-refractivity contribution in [3.05, 3.63) is 5.56 Å². The first-order valence-corrected chi connectivity index (χ1v) is 5.79. The lowest BCUT2D eigenvalue weighted by atomic mass is 10.1. The van der Waals surface area contributed by atoms with Crippen LogP contribution >= 0.6 is 0 Å². The van der Waals surface area contributed by atoms with Gasteiger partial charge in [-0.15, -0.1) is 0 Å². The van der Waals surface area contributed by atoms with Crippen molar-refractivity contribution in [2.45, 2.75) is 26.2 Å². The summed E-state index contributed by atoms with van der Waals surface area (Å²) in [6, 6.07) is 0. The molecule has 2 heterocycles. The first-order chi connectivity index (χ1) is 7.72. The van der Waals surface area contributed by atoms with Crippen LogP contribution in [-0.2, 0) is 0 Å². The molecule has 88 valence electrons. The molecule has 1 fully saturated rings. The summed E-state index contributed by atoms with van der Waals surface area (Å²) in [6.07, 6.45) is 3.73. The van der Waals surface area contributed by atoms with Crippen molar-refractivity contribution in [3.63, 3.8) is 0 Å². The van der Waals surface area contributed by atoms with E-state index in [9.17, 15) is 0 Å². The minimum absolute atomic E-state index is 0.569. The molecule has 0 spiro atoms. The normalized spacial score (nSPS) is 16.2. The summed E-state index contributed by atoms with van der Waals surface area (Å²) in [7, 11) is 1.86. The SMILES string of the molecule is CNc1nc(N2CCCCC2)nc(N)c1C. The van der Waals surface area contributed by atoms with Gasteiger partial charge >= 0.3 is 0 Å². The predicted octanol–water partition coefficient (Wildman–Crippen LogP) is 1.40. The molecule has 1 aliphatic heterocycles. The largest absolute Gasteiger partial charge is 0.383 e. The molecule has 0 radical (unpaired) electrons. The smallest absolute Gasteiger partial charge is 0.229 e. The van der Waals surface area contributed by atoms with E-state index in [1.165, 1.54) is 19.3 Å². The minimum atomic E-state index is 0.569. The van der Waals surface area contributed by atoms with Gasteiger partial charge < -0.3 is 16.0 Å². The van der Waals surface area contributed by atoms with Gasteiger partial charge in [-0.05, 0) is 26.2 Å². The Hall–Kier alpha value is -1.52. The number of rotatable bonds is 2. The van der Waals surface area contributed by atoms with E-state index in [1.807, 2.05) is 14.0 Å². The van der Waals surface area contributed by atoms with Crippen LogP contribution in [0.1, 0.15) is 24.8 Å². The zero-order valence-electron chi connectivity index (χ0n) is 9.95. The minimum Gasteiger partial charge on any atom is -0.383 e. The van der Waals surface area contributed by atoms with E-state index >= 15 is 0 Å². The van der Waals surface area contributed by atoms with Gasteiger partial charge in [0.1, 0.15) is 11.6 Å². The van der Waals surface area contributed by atoms with Crippen molar-refractivity contribution in [1.82, 2.24) is 9.97 Å². The van der Waals surface area contributed by atoms with E-state index in [1.54, 1.807) is 0 Å². The molecule has 0 amide bonds.